The lowest BCUT2D eigenvalue weighted by Crippen LogP contribution is -2.25. The van der Waals surface area contributed by atoms with Crippen molar-refractivity contribution in [3.8, 4) is 5.75 Å². The van der Waals surface area contributed by atoms with Crippen molar-refractivity contribution in [1.82, 2.24) is 5.01 Å². The number of anilines is 1. The van der Waals surface area contributed by atoms with Crippen LogP contribution in [0.1, 0.15) is 40.2 Å². The molecule has 1 aliphatic heterocycles. The highest BCUT2D eigenvalue weighted by Crippen LogP contribution is 2.37. The van der Waals surface area contributed by atoms with Crippen molar-refractivity contribution < 1.29 is 19.4 Å². The molecule has 0 aliphatic carbocycles. The van der Waals surface area contributed by atoms with Gasteiger partial charge in [0.2, 0.25) is 18.0 Å². The minimum Gasteiger partial charge on any atom is -0.507 e. The van der Waals surface area contributed by atoms with Crippen LogP contribution in [0, 0.1) is 0 Å². The van der Waals surface area contributed by atoms with Crippen LogP contribution >= 0.6 is 11.6 Å². The fraction of sp³-hybridized carbons (Fsp3) is 0.115. The van der Waals surface area contributed by atoms with Gasteiger partial charge in [-0.3, -0.25) is 9.59 Å². The number of ether oxygens (including phenoxy) is 1. The van der Waals surface area contributed by atoms with Crippen LogP contribution in [0.2, 0.25) is 5.02 Å². The number of phenols is 1. The van der Waals surface area contributed by atoms with Gasteiger partial charge in [0, 0.05) is 28.8 Å². The summed E-state index contributed by atoms with van der Waals surface area (Å²) in [6.07, 6.45) is 1.22. The van der Waals surface area contributed by atoms with Crippen molar-refractivity contribution in [2.75, 3.05) is 5.32 Å². The summed E-state index contributed by atoms with van der Waals surface area (Å²) in [5, 5.41) is 19.6. The molecule has 2 amide bonds. The highest BCUT2D eigenvalue weighted by Gasteiger charge is 2.35. The van der Waals surface area contributed by atoms with Crippen LogP contribution in [0.4, 0.5) is 5.69 Å². The first-order valence-corrected chi connectivity index (χ1v) is 10.9. The van der Waals surface area contributed by atoms with Crippen molar-refractivity contribution in [3.05, 3.63) is 107 Å². The van der Waals surface area contributed by atoms with Gasteiger partial charge in [-0.05, 0) is 60.5 Å². The van der Waals surface area contributed by atoms with Gasteiger partial charge in [0.05, 0.1) is 5.56 Å². The Hall–Kier alpha value is -4.10. The van der Waals surface area contributed by atoms with Crippen molar-refractivity contribution in [3.63, 3.8) is 0 Å². The molecule has 4 rings (SSSR count). The summed E-state index contributed by atoms with van der Waals surface area (Å²) in [6, 6.07) is 18.7. The Bertz CT molecular complexity index is 1290. The molecule has 0 bridgehead atoms. The molecule has 1 heterocycles. The van der Waals surface area contributed by atoms with Gasteiger partial charge in [-0.25, -0.2) is 0 Å². The van der Waals surface area contributed by atoms with E-state index in [-0.39, 0.29) is 23.5 Å². The fourth-order valence-corrected chi connectivity index (χ4v) is 3.68. The number of hydrogen-bond acceptors (Lipinski definition) is 5. The highest BCUT2D eigenvalue weighted by molar-refractivity contribution is 6.30. The second-order valence-electron chi connectivity index (χ2n) is 7.63. The van der Waals surface area contributed by atoms with Gasteiger partial charge in [0.1, 0.15) is 5.75 Å². The van der Waals surface area contributed by atoms with Crippen LogP contribution in [0.3, 0.4) is 0 Å². The lowest BCUT2D eigenvalue weighted by molar-refractivity contribution is -0.135. The highest BCUT2D eigenvalue weighted by atomic mass is 35.5. The van der Waals surface area contributed by atoms with Gasteiger partial charge < -0.3 is 15.2 Å². The molecule has 0 spiro atoms. The average molecular weight is 476 g/mol. The molecule has 172 valence electrons. The van der Waals surface area contributed by atoms with Crippen LogP contribution in [-0.2, 0) is 16.0 Å². The molecule has 3 aromatic rings. The number of carbonyl (C=O) groups is 2. The monoisotopic (exact) mass is 475 g/mol. The molecule has 0 fully saturated rings. The Labute approximate surface area is 201 Å². The van der Waals surface area contributed by atoms with Gasteiger partial charge in [-0.15, -0.1) is 11.7 Å². The van der Waals surface area contributed by atoms with Gasteiger partial charge in [0.15, 0.2) is 0 Å². The number of rotatable bonds is 6. The molecule has 0 saturated heterocycles. The van der Waals surface area contributed by atoms with E-state index in [2.05, 4.69) is 17.0 Å². The number of aromatic hydroxyl groups is 1. The quantitative estimate of drug-likeness (QED) is 0.475. The Morgan fingerprint density at radius 3 is 2.62 bits per heavy atom. The van der Waals surface area contributed by atoms with Crippen molar-refractivity contribution in [2.24, 2.45) is 5.10 Å². The molecule has 34 heavy (non-hydrogen) atoms. The molecule has 0 aromatic heterocycles. The Balaban J connectivity index is 1.59. The number of benzene rings is 3. The molecule has 0 radical (unpaired) electrons. The number of carbonyl (C=O) groups excluding carboxylic acids is 2. The van der Waals surface area contributed by atoms with E-state index in [1.807, 2.05) is 0 Å². The smallest absolute Gasteiger partial charge is 0.255 e. The number of halogens is 1. The zero-order valence-corrected chi connectivity index (χ0v) is 19.1. The van der Waals surface area contributed by atoms with E-state index in [1.54, 1.807) is 72.8 Å². The Morgan fingerprint density at radius 1 is 1.18 bits per heavy atom. The van der Waals surface area contributed by atoms with E-state index in [0.29, 0.717) is 39.4 Å². The minimum atomic E-state index is -0.926. The normalized spacial score (nSPS) is 14.8. The van der Waals surface area contributed by atoms with Crippen molar-refractivity contribution >= 4 is 35.0 Å². The summed E-state index contributed by atoms with van der Waals surface area (Å²) < 4.78 is 6.02. The summed E-state index contributed by atoms with van der Waals surface area (Å²) in [4.78, 5) is 24.9. The Morgan fingerprint density at radius 2 is 1.91 bits per heavy atom. The second kappa shape index (κ2) is 9.80. The number of phenolic OH excluding ortho intramolecular Hbond substituents is 1. The summed E-state index contributed by atoms with van der Waals surface area (Å²) in [5.41, 5.74) is 2.63. The molecule has 1 aliphatic rings. The van der Waals surface area contributed by atoms with Crippen LogP contribution in [0.5, 0.6) is 5.75 Å². The largest absolute Gasteiger partial charge is 0.507 e. The van der Waals surface area contributed by atoms with E-state index in [1.165, 1.54) is 11.9 Å². The zero-order valence-electron chi connectivity index (χ0n) is 18.4. The maximum atomic E-state index is 12.6. The molecule has 3 aromatic carbocycles. The van der Waals surface area contributed by atoms with Gasteiger partial charge in [-0.1, -0.05) is 35.9 Å². The number of nitrogens with zero attached hydrogens (tertiary/aromatic N) is 2. The number of allylic oxidation sites excluding steroid dienone is 1. The van der Waals surface area contributed by atoms with E-state index in [0.717, 1.165) is 0 Å². The molecule has 1 atom stereocenters. The van der Waals surface area contributed by atoms with Crippen LogP contribution in [0.15, 0.2) is 84.5 Å². The number of hydrazone groups is 1. The molecule has 8 heteroatoms. The summed E-state index contributed by atoms with van der Waals surface area (Å²) >= 11 is 5.89. The summed E-state index contributed by atoms with van der Waals surface area (Å²) in [6.45, 7) is 5.08. The molecular formula is C26H22ClN3O4. The number of nitrogens with one attached hydrogen (secondary N) is 1. The standard InChI is InChI=1S/C26H22ClN3O4/c1-3-6-17-7-5-10-22(23(17)32)26-30(16(2)31)29-25(34-26)19-8-4-9-21(15-19)28-24(33)18-11-13-20(27)14-12-18/h3-5,7-15,26,32H,1,6H2,2H3,(H,28,33). The molecule has 0 saturated carbocycles. The van der Waals surface area contributed by atoms with Crippen LogP contribution in [0.25, 0.3) is 0 Å². The van der Waals surface area contributed by atoms with Gasteiger partial charge in [0.25, 0.3) is 5.91 Å². The third-order valence-corrected chi connectivity index (χ3v) is 5.47. The number of amides is 2. The molecule has 1 unspecified atom stereocenters. The molecular weight excluding hydrogens is 454 g/mol. The van der Waals surface area contributed by atoms with E-state index < -0.39 is 6.23 Å². The predicted molar refractivity (Wildman–Crippen MR) is 131 cm³/mol. The lowest BCUT2D eigenvalue weighted by Gasteiger charge is -2.21. The molecule has 2 N–H and O–H groups in total. The first-order valence-electron chi connectivity index (χ1n) is 10.5. The van der Waals surface area contributed by atoms with E-state index in [9.17, 15) is 14.7 Å². The first kappa shape index (κ1) is 23.1. The Kier molecular flexibility index (Phi) is 6.65. The van der Waals surface area contributed by atoms with Crippen molar-refractivity contribution in [1.29, 1.82) is 0 Å². The second-order valence-corrected chi connectivity index (χ2v) is 8.06. The zero-order chi connectivity index (χ0) is 24.2. The van der Waals surface area contributed by atoms with Crippen molar-refractivity contribution in [2.45, 2.75) is 19.6 Å². The maximum Gasteiger partial charge on any atom is 0.255 e. The van der Waals surface area contributed by atoms with E-state index >= 15 is 0 Å². The lowest BCUT2D eigenvalue weighted by atomic mass is 10.0. The van der Waals surface area contributed by atoms with Gasteiger partial charge in [-0.2, -0.15) is 5.01 Å². The van der Waals surface area contributed by atoms with Gasteiger partial charge >= 0.3 is 0 Å². The number of hydrogen-bond donors (Lipinski definition) is 2. The minimum absolute atomic E-state index is 0.0269. The maximum absolute atomic E-state index is 12.6. The third kappa shape index (κ3) is 4.79. The predicted octanol–water partition coefficient (Wildman–Crippen LogP) is 5.27. The topological polar surface area (TPSA) is 91.2 Å². The SMILES string of the molecule is C=CCc1cccc(C2OC(c3cccc(NC(=O)c4ccc(Cl)cc4)c3)=NN2C(C)=O)c1O. The molecule has 7 nitrogen and oxygen atoms in total. The number of para-hydroxylation sites is 1. The summed E-state index contributed by atoms with van der Waals surface area (Å²) in [5.74, 6) is -0.425. The fourth-order valence-electron chi connectivity index (χ4n) is 3.55. The first-order chi connectivity index (χ1) is 16.4. The van der Waals surface area contributed by atoms with E-state index in [4.69, 9.17) is 16.3 Å². The summed E-state index contributed by atoms with van der Waals surface area (Å²) in [7, 11) is 0. The average Bonchev–Trinajstić information content (AvgIpc) is 3.27. The third-order valence-electron chi connectivity index (χ3n) is 5.22. The van der Waals surface area contributed by atoms with Crippen LogP contribution < -0.4 is 5.32 Å². The van der Waals surface area contributed by atoms with Crippen LogP contribution in [-0.4, -0.2) is 27.8 Å².